The van der Waals surface area contributed by atoms with E-state index in [1.807, 2.05) is 25.1 Å². The molecule has 5 heteroatoms. The van der Waals surface area contributed by atoms with Gasteiger partial charge < -0.3 is 14.8 Å². The molecule has 106 valence electrons. The van der Waals surface area contributed by atoms with E-state index >= 15 is 0 Å². The van der Waals surface area contributed by atoms with Crippen LogP contribution < -0.4 is 10.1 Å². The van der Waals surface area contributed by atoms with Gasteiger partial charge in [0.05, 0.1) is 18.2 Å². The molecule has 0 aliphatic heterocycles. The molecule has 1 unspecified atom stereocenters. The molecule has 0 bridgehead atoms. The molecule has 0 fully saturated rings. The number of methoxy groups -OCH3 is 1. The Bertz CT molecular complexity index is 398. The van der Waals surface area contributed by atoms with Gasteiger partial charge in [0, 0.05) is 19.6 Å². The summed E-state index contributed by atoms with van der Waals surface area (Å²) in [7, 11) is 1.61. The van der Waals surface area contributed by atoms with Crippen molar-refractivity contribution in [3.63, 3.8) is 0 Å². The zero-order valence-corrected chi connectivity index (χ0v) is 12.1. The molecule has 0 radical (unpaired) electrons. The maximum atomic E-state index is 11.6. The first-order chi connectivity index (χ1) is 9.13. The van der Waals surface area contributed by atoms with Crippen molar-refractivity contribution >= 4 is 17.5 Å². The lowest BCUT2D eigenvalue weighted by molar-refractivity contribution is -0.122. The predicted octanol–water partition coefficient (Wildman–Crippen LogP) is 2.65. The van der Waals surface area contributed by atoms with Crippen molar-refractivity contribution < 1.29 is 14.3 Å². The zero-order valence-electron chi connectivity index (χ0n) is 11.3. The van der Waals surface area contributed by atoms with Crippen molar-refractivity contribution in [1.29, 1.82) is 0 Å². The molecule has 0 saturated heterocycles. The number of hydrogen-bond acceptors (Lipinski definition) is 3. The first-order valence-corrected chi connectivity index (χ1v) is 6.67. The van der Waals surface area contributed by atoms with Gasteiger partial charge in [-0.15, -0.1) is 0 Å². The monoisotopic (exact) mass is 285 g/mol. The van der Waals surface area contributed by atoms with E-state index < -0.39 is 0 Å². The molecular formula is C14H20ClNO3. The quantitative estimate of drug-likeness (QED) is 0.747. The zero-order chi connectivity index (χ0) is 14.1. The third-order valence-corrected chi connectivity index (χ3v) is 2.78. The fourth-order valence-electron chi connectivity index (χ4n) is 1.62. The van der Waals surface area contributed by atoms with Gasteiger partial charge in [-0.2, -0.15) is 0 Å². The molecule has 0 aliphatic carbocycles. The predicted molar refractivity (Wildman–Crippen MR) is 75.7 cm³/mol. The van der Waals surface area contributed by atoms with Gasteiger partial charge in [0.15, 0.2) is 0 Å². The Hall–Kier alpha value is -1.26. The van der Waals surface area contributed by atoms with Gasteiger partial charge in [0.2, 0.25) is 5.91 Å². The highest BCUT2D eigenvalue weighted by molar-refractivity contribution is 6.32. The summed E-state index contributed by atoms with van der Waals surface area (Å²) in [5, 5.41) is 3.43. The van der Waals surface area contributed by atoms with Crippen molar-refractivity contribution in [2.45, 2.75) is 25.8 Å². The van der Waals surface area contributed by atoms with E-state index in [-0.39, 0.29) is 11.9 Å². The second kappa shape index (κ2) is 8.77. The number of hydrogen-bond donors (Lipinski definition) is 1. The highest BCUT2D eigenvalue weighted by atomic mass is 35.5. The molecule has 0 spiro atoms. The lowest BCUT2D eigenvalue weighted by atomic mass is 10.2. The Kier molecular flexibility index (Phi) is 7.30. The van der Waals surface area contributed by atoms with E-state index in [1.165, 1.54) is 0 Å². The van der Waals surface area contributed by atoms with E-state index in [0.717, 1.165) is 0 Å². The van der Waals surface area contributed by atoms with E-state index in [0.29, 0.717) is 36.8 Å². The van der Waals surface area contributed by atoms with Crippen LogP contribution in [-0.2, 0) is 9.53 Å². The summed E-state index contributed by atoms with van der Waals surface area (Å²) < 4.78 is 10.5. The molecule has 1 aromatic rings. The minimum atomic E-state index is 0.00677. The molecule has 1 N–H and O–H groups in total. The van der Waals surface area contributed by atoms with E-state index in [2.05, 4.69) is 5.32 Å². The largest absolute Gasteiger partial charge is 0.492 e. The van der Waals surface area contributed by atoms with Crippen LogP contribution in [0, 0.1) is 0 Å². The standard InChI is InChI=1S/C14H20ClNO3/c1-11(10-18-2)16-14(17)8-5-9-19-13-7-4-3-6-12(13)15/h3-4,6-7,11H,5,8-10H2,1-2H3,(H,16,17). The van der Waals surface area contributed by atoms with Gasteiger partial charge in [0.25, 0.3) is 0 Å². The van der Waals surface area contributed by atoms with Crippen molar-refractivity contribution in [3.05, 3.63) is 29.3 Å². The number of halogens is 1. The molecular weight excluding hydrogens is 266 g/mol. The smallest absolute Gasteiger partial charge is 0.220 e. The number of rotatable bonds is 8. The Morgan fingerprint density at radius 3 is 2.84 bits per heavy atom. The number of amides is 1. The first-order valence-electron chi connectivity index (χ1n) is 6.29. The lowest BCUT2D eigenvalue weighted by Gasteiger charge is -2.12. The average molecular weight is 286 g/mol. The molecule has 0 saturated carbocycles. The van der Waals surface area contributed by atoms with E-state index in [1.54, 1.807) is 13.2 Å². The number of carbonyl (C=O) groups is 1. The van der Waals surface area contributed by atoms with Gasteiger partial charge >= 0.3 is 0 Å². The van der Waals surface area contributed by atoms with Crippen LogP contribution in [0.4, 0.5) is 0 Å². The second-order valence-electron chi connectivity index (χ2n) is 4.31. The molecule has 1 aromatic carbocycles. The van der Waals surface area contributed by atoms with E-state index in [4.69, 9.17) is 21.1 Å². The van der Waals surface area contributed by atoms with Gasteiger partial charge in [-0.05, 0) is 25.5 Å². The first kappa shape index (κ1) is 15.8. The minimum absolute atomic E-state index is 0.00677. The highest BCUT2D eigenvalue weighted by Crippen LogP contribution is 2.23. The summed E-state index contributed by atoms with van der Waals surface area (Å²) in [5.41, 5.74) is 0. The number of nitrogens with one attached hydrogen (secondary N) is 1. The highest BCUT2D eigenvalue weighted by Gasteiger charge is 2.07. The van der Waals surface area contributed by atoms with Gasteiger partial charge in [-0.1, -0.05) is 23.7 Å². The normalized spacial score (nSPS) is 11.9. The number of para-hydroxylation sites is 1. The van der Waals surface area contributed by atoms with Gasteiger partial charge in [-0.25, -0.2) is 0 Å². The Labute approximate surface area is 119 Å². The third-order valence-electron chi connectivity index (χ3n) is 2.47. The van der Waals surface area contributed by atoms with Crippen molar-refractivity contribution in [2.24, 2.45) is 0 Å². The van der Waals surface area contributed by atoms with Crippen LogP contribution in [0.2, 0.25) is 5.02 Å². The fourth-order valence-corrected chi connectivity index (χ4v) is 1.81. The molecule has 1 rings (SSSR count). The molecule has 19 heavy (non-hydrogen) atoms. The van der Waals surface area contributed by atoms with Crippen LogP contribution in [0.15, 0.2) is 24.3 Å². The Morgan fingerprint density at radius 2 is 2.16 bits per heavy atom. The van der Waals surface area contributed by atoms with Crippen molar-refractivity contribution in [1.82, 2.24) is 5.32 Å². The molecule has 0 heterocycles. The molecule has 0 aliphatic rings. The van der Waals surface area contributed by atoms with Crippen LogP contribution in [0.25, 0.3) is 0 Å². The third kappa shape index (κ3) is 6.45. The summed E-state index contributed by atoms with van der Waals surface area (Å²) in [5.74, 6) is 0.657. The molecule has 1 atom stereocenters. The van der Waals surface area contributed by atoms with Crippen LogP contribution in [0.3, 0.4) is 0 Å². The Morgan fingerprint density at radius 1 is 1.42 bits per heavy atom. The topological polar surface area (TPSA) is 47.6 Å². The van der Waals surface area contributed by atoms with Crippen LogP contribution >= 0.6 is 11.6 Å². The summed E-state index contributed by atoms with van der Waals surface area (Å²) in [6, 6.07) is 7.32. The van der Waals surface area contributed by atoms with Crippen molar-refractivity contribution in [2.75, 3.05) is 20.3 Å². The lowest BCUT2D eigenvalue weighted by Crippen LogP contribution is -2.35. The average Bonchev–Trinajstić information content (AvgIpc) is 2.36. The molecule has 1 amide bonds. The SMILES string of the molecule is COCC(C)NC(=O)CCCOc1ccccc1Cl. The summed E-state index contributed by atoms with van der Waals surface area (Å²) >= 11 is 5.95. The number of ether oxygens (including phenoxy) is 2. The number of benzene rings is 1. The number of carbonyl (C=O) groups excluding carboxylic acids is 1. The van der Waals surface area contributed by atoms with E-state index in [9.17, 15) is 4.79 Å². The minimum Gasteiger partial charge on any atom is -0.492 e. The fraction of sp³-hybridized carbons (Fsp3) is 0.500. The summed E-state index contributed by atoms with van der Waals surface area (Å²) in [6.45, 7) is 2.89. The van der Waals surface area contributed by atoms with Gasteiger partial charge in [0.1, 0.15) is 5.75 Å². The second-order valence-corrected chi connectivity index (χ2v) is 4.71. The van der Waals surface area contributed by atoms with Crippen LogP contribution in [0.5, 0.6) is 5.75 Å². The Balaban J connectivity index is 2.17. The maximum absolute atomic E-state index is 11.6. The van der Waals surface area contributed by atoms with Crippen LogP contribution in [0.1, 0.15) is 19.8 Å². The maximum Gasteiger partial charge on any atom is 0.220 e. The van der Waals surface area contributed by atoms with Gasteiger partial charge in [-0.3, -0.25) is 4.79 Å². The summed E-state index contributed by atoms with van der Waals surface area (Å²) in [6.07, 6.45) is 1.08. The van der Waals surface area contributed by atoms with Crippen LogP contribution in [-0.4, -0.2) is 32.3 Å². The summed E-state index contributed by atoms with van der Waals surface area (Å²) in [4.78, 5) is 11.6. The van der Waals surface area contributed by atoms with Crippen molar-refractivity contribution in [3.8, 4) is 5.75 Å². The molecule has 4 nitrogen and oxygen atoms in total. The molecule has 0 aromatic heterocycles.